The first-order valence-corrected chi connectivity index (χ1v) is 7.01. The highest BCUT2D eigenvalue weighted by atomic mass is 79.9. The summed E-state index contributed by atoms with van der Waals surface area (Å²) < 4.78 is 11.6. The second-order valence-corrected chi connectivity index (χ2v) is 5.41. The molecule has 19 heavy (non-hydrogen) atoms. The van der Waals surface area contributed by atoms with Gasteiger partial charge in [0.15, 0.2) is 5.82 Å². The molecule has 1 N–H and O–H groups in total. The predicted octanol–water partition coefficient (Wildman–Crippen LogP) is 1.97. The Bertz CT molecular complexity index is 545. The predicted molar refractivity (Wildman–Crippen MR) is 73.1 cm³/mol. The fraction of sp³-hybridized carbons (Fsp3) is 0.385. The molecule has 2 aromatic rings. The molecular weight excluding hydrogens is 310 g/mol. The van der Waals surface area contributed by atoms with Crippen molar-refractivity contribution in [2.75, 3.05) is 13.1 Å². The van der Waals surface area contributed by atoms with Gasteiger partial charge in [0.1, 0.15) is 11.9 Å². The van der Waals surface area contributed by atoms with Crippen LogP contribution in [0.4, 0.5) is 0 Å². The number of rotatable bonds is 5. The molecule has 0 bridgehead atoms. The number of nitrogens with one attached hydrogen (secondary N) is 1. The van der Waals surface area contributed by atoms with E-state index >= 15 is 0 Å². The molecule has 0 saturated carbocycles. The van der Waals surface area contributed by atoms with Gasteiger partial charge in [0, 0.05) is 30.4 Å². The van der Waals surface area contributed by atoms with Crippen LogP contribution in [0.2, 0.25) is 0 Å². The molecule has 1 aromatic heterocycles. The molecule has 6 heteroatoms. The smallest absolute Gasteiger partial charge is 0.213 e. The fourth-order valence-corrected chi connectivity index (χ4v) is 2.58. The quantitative estimate of drug-likeness (QED) is 0.852. The van der Waals surface area contributed by atoms with Gasteiger partial charge in [0.25, 0.3) is 0 Å². The summed E-state index contributed by atoms with van der Waals surface area (Å²) in [6.07, 6.45) is 3.27. The molecule has 100 valence electrons. The van der Waals surface area contributed by atoms with E-state index in [0.29, 0.717) is 0 Å². The number of aromatic nitrogens is 2. The van der Waals surface area contributed by atoms with Crippen LogP contribution in [0.5, 0.6) is 5.75 Å². The van der Waals surface area contributed by atoms with E-state index in [1.807, 2.05) is 12.1 Å². The maximum atomic E-state index is 5.87. The molecular formula is C13H14BrN3O2. The van der Waals surface area contributed by atoms with Gasteiger partial charge in [-0.25, -0.2) is 0 Å². The number of ether oxygens (including phenoxy) is 1. The lowest BCUT2D eigenvalue weighted by Crippen LogP contribution is -2.31. The Morgan fingerprint density at radius 1 is 1.42 bits per heavy atom. The van der Waals surface area contributed by atoms with Gasteiger partial charge in [-0.2, -0.15) is 4.98 Å². The van der Waals surface area contributed by atoms with Crippen molar-refractivity contribution in [1.29, 1.82) is 0 Å². The van der Waals surface area contributed by atoms with E-state index in [9.17, 15) is 0 Å². The topological polar surface area (TPSA) is 60.2 Å². The van der Waals surface area contributed by atoms with Crippen LogP contribution in [-0.2, 0) is 12.8 Å². The van der Waals surface area contributed by atoms with Crippen LogP contribution in [0.3, 0.4) is 0 Å². The molecule has 1 aromatic carbocycles. The van der Waals surface area contributed by atoms with E-state index in [4.69, 9.17) is 4.74 Å². The third-order valence-corrected chi connectivity index (χ3v) is 3.56. The van der Waals surface area contributed by atoms with E-state index in [1.165, 1.54) is 12.0 Å². The van der Waals surface area contributed by atoms with Crippen molar-refractivity contribution < 1.29 is 9.26 Å². The molecule has 1 aliphatic heterocycles. The van der Waals surface area contributed by atoms with Crippen LogP contribution in [0.1, 0.15) is 11.4 Å². The monoisotopic (exact) mass is 323 g/mol. The van der Waals surface area contributed by atoms with Crippen molar-refractivity contribution in [2.24, 2.45) is 0 Å². The second-order valence-electron chi connectivity index (χ2n) is 4.50. The van der Waals surface area contributed by atoms with Crippen molar-refractivity contribution in [1.82, 2.24) is 15.5 Å². The third-order valence-electron chi connectivity index (χ3n) is 3.07. The van der Waals surface area contributed by atoms with Crippen molar-refractivity contribution in [3.05, 3.63) is 40.5 Å². The molecule has 3 rings (SSSR count). The van der Waals surface area contributed by atoms with Crippen molar-refractivity contribution in [2.45, 2.75) is 18.9 Å². The first-order chi connectivity index (χ1) is 9.31. The van der Waals surface area contributed by atoms with Crippen LogP contribution < -0.4 is 10.1 Å². The van der Waals surface area contributed by atoms with Gasteiger partial charge in [0.05, 0.1) is 0 Å². The summed E-state index contributed by atoms with van der Waals surface area (Å²) in [5.41, 5.74) is 1.26. The van der Waals surface area contributed by atoms with E-state index in [1.54, 1.807) is 0 Å². The molecule has 5 nitrogen and oxygen atoms in total. The standard InChI is InChI=1S/C13H14BrN3O2/c14-10-1-2-12-9(5-10)6-11(19-12)7-15-4-3-13-16-8-18-17-13/h1-2,5,8,11,15H,3-4,6-7H2. The Hall–Kier alpha value is -1.40. The Morgan fingerprint density at radius 3 is 3.21 bits per heavy atom. The zero-order valence-corrected chi connectivity index (χ0v) is 11.9. The highest BCUT2D eigenvalue weighted by Crippen LogP contribution is 2.30. The summed E-state index contributed by atoms with van der Waals surface area (Å²) in [4.78, 5) is 3.97. The Morgan fingerprint density at radius 2 is 2.37 bits per heavy atom. The minimum absolute atomic E-state index is 0.203. The fourth-order valence-electron chi connectivity index (χ4n) is 2.17. The van der Waals surface area contributed by atoms with Gasteiger partial charge in [-0.1, -0.05) is 21.1 Å². The number of benzene rings is 1. The Balaban J connectivity index is 1.43. The van der Waals surface area contributed by atoms with Crippen molar-refractivity contribution in [3.8, 4) is 5.75 Å². The largest absolute Gasteiger partial charge is 0.488 e. The lowest BCUT2D eigenvalue weighted by atomic mass is 10.1. The zero-order valence-electron chi connectivity index (χ0n) is 10.3. The van der Waals surface area contributed by atoms with E-state index < -0.39 is 0 Å². The molecule has 1 unspecified atom stereocenters. The van der Waals surface area contributed by atoms with Gasteiger partial charge >= 0.3 is 0 Å². The summed E-state index contributed by atoms with van der Waals surface area (Å²) in [5.74, 6) is 1.72. The number of hydrogen-bond acceptors (Lipinski definition) is 5. The summed E-state index contributed by atoms with van der Waals surface area (Å²) >= 11 is 3.48. The van der Waals surface area contributed by atoms with Crippen LogP contribution in [0.15, 0.2) is 33.6 Å². The molecule has 0 radical (unpaired) electrons. The van der Waals surface area contributed by atoms with Crippen LogP contribution in [0.25, 0.3) is 0 Å². The van der Waals surface area contributed by atoms with Gasteiger partial charge in [-0.15, -0.1) is 0 Å². The lowest BCUT2D eigenvalue weighted by Gasteiger charge is -2.11. The Labute approximate surface area is 119 Å². The number of fused-ring (bicyclic) bond motifs is 1. The first-order valence-electron chi connectivity index (χ1n) is 6.22. The second kappa shape index (κ2) is 5.71. The molecule has 0 saturated heterocycles. The lowest BCUT2D eigenvalue weighted by molar-refractivity contribution is 0.228. The SMILES string of the molecule is Brc1ccc2c(c1)CC(CNCCc1ncon1)O2. The molecule has 2 heterocycles. The van der Waals surface area contributed by atoms with Gasteiger partial charge in [-0.05, 0) is 23.8 Å². The minimum atomic E-state index is 0.203. The van der Waals surface area contributed by atoms with Crippen molar-refractivity contribution in [3.63, 3.8) is 0 Å². The Kier molecular flexibility index (Phi) is 3.79. The number of halogens is 1. The molecule has 0 amide bonds. The highest BCUT2D eigenvalue weighted by Gasteiger charge is 2.22. The summed E-state index contributed by atoms with van der Waals surface area (Å²) in [5, 5.41) is 7.12. The van der Waals surface area contributed by atoms with E-state index in [0.717, 1.165) is 42.0 Å². The zero-order chi connectivity index (χ0) is 13.1. The van der Waals surface area contributed by atoms with Gasteiger partial charge in [-0.3, -0.25) is 0 Å². The molecule has 0 fully saturated rings. The number of hydrogen-bond donors (Lipinski definition) is 1. The average molecular weight is 324 g/mol. The normalized spacial score (nSPS) is 17.2. The maximum Gasteiger partial charge on any atom is 0.213 e. The average Bonchev–Trinajstić information content (AvgIpc) is 3.02. The number of nitrogens with zero attached hydrogens (tertiary/aromatic N) is 2. The summed E-state index contributed by atoms with van der Waals surface area (Å²) in [7, 11) is 0. The third kappa shape index (κ3) is 3.13. The van der Waals surface area contributed by atoms with Crippen LogP contribution in [0, 0.1) is 0 Å². The molecule has 1 aliphatic rings. The highest BCUT2D eigenvalue weighted by molar-refractivity contribution is 9.10. The van der Waals surface area contributed by atoms with Crippen LogP contribution in [-0.4, -0.2) is 29.3 Å². The van der Waals surface area contributed by atoms with Gasteiger partial charge in [0.2, 0.25) is 6.39 Å². The first kappa shape index (κ1) is 12.6. The van der Waals surface area contributed by atoms with Crippen molar-refractivity contribution >= 4 is 15.9 Å². The van der Waals surface area contributed by atoms with E-state index in [-0.39, 0.29) is 6.10 Å². The maximum absolute atomic E-state index is 5.87. The molecule has 0 spiro atoms. The molecule has 0 aliphatic carbocycles. The summed E-state index contributed by atoms with van der Waals surface area (Å²) in [6, 6.07) is 6.14. The van der Waals surface area contributed by atoms with E-state index in [2.05, 4.69) is 42.0 Å². The van der Waals surface area contributed by atoms with Crippen LogP contribution >= 0.6 is 15.9 Å². The molecule has 1 atom stereocenters. The summed E-state index contributed by atoms with van der Waals surface area (Å²) in [6.45, 7) is 1.64. The van der Waals surface area contributed by atoms with Gasteiger partial charge < -0.3 is 14.6 Å². The minimum Gasteiger partial charge on any atom is -0.488 e.